The summed E-state index contributed by atoms with van der Waals surface area (Å²) >= 11 is 1.29. The lowest BCUT2D eigenvalue weighted by atomic mass is 10.1. The number of sulfonamides is 1. The van der Waals surface area contributed by atoms with Gasteiger partial charge < -0.3 is 15.4 Å². The van der Waals surface area contributed by atoms with Crippen LogP contribution in [0.1, 0.15) is 29.3 Å². The number of ether oxygens (including phenoxy) is 1. The average molecular weight is 622 g/mol. The lowest BCUT2D eigenvalue weighted by molar-refractivity contribution is 0.140. The number of imidazole rings is 1. The first-order valence-corrected chi connectivity index (χ1v) is 16.3. The largest absolute Gasteiger partial charge is 0.445 e. The van der Waals surface area contributed by atoms with E-state index in [1.165, 1.54) is 22.1 Å². The minimum absolute atomic E-state index is 0.0390. The molecule has 2 N–H and O–H groups in total. The number of nitrogens with zero attached hydrogens (tertiary/aromatic N) is 7. The topological polar surface area (TPSA) is 149 Å². The van der Waals surface area contributed by atoms with E-state index in [0.717, 1.165) is 39.6 Å². The number of fused-ring (bicyclic) bond motifs is 1. The molecular weight excluding hydrogens is 591 g/mol. The fraction of sp³-hybridized carbons (Fsp3) is 0.321. The van der Waals surface area contributed by atoms with Crippen LogP contribution in [0.15, 0.2) is 61.2 Å². The number of anilines is 2. The molecule has 0 bridgehead atoms. The third-order valence-electron chi connectivity index (χ3n) is 7.21. The Bertz CT molecular complexity index is 1850. The Hall–Kier alpha value is -4.34. The number of aryl methyl sites for hydroxylation is 1. The van der Waals surface area contributed by atoms with Crippen LogP contribution >= 0.6 is 11.5 Å². The first-order valence-electron chi connectivity index (χ1n) is 13.7. The number of hydrogen-bond acceptors (Lipinski definition) is 10. The highest BCUT2D eigenvalue weighted by atomic mass is 32.2. The summed E-state index contributed by atoms with van der Waals surface area (Å²) in [5.74, 6) is 0.579. The molecule has 1 atom stereocenters. The van der Waals surface area contributed by atoms with Gasteiger partial charge in [-0.15, -0.1) is 0 Å². The first kappa shape index (κ1) is 28.8. The molecule has 4 aromatic heterocycles. The predicted octanol–water partition coefficient (Wildman–Crippen LogP) is 3.55. The van der Waals surface area contributed by atoms with Crippen LogP contribution < -0.4 is 10.6 Å². The van der Waals surface area contributed by atoms with Gasteiger partial charge in [-0.1, -0.05) is 30.3 Å². The normalized spacial score (nSPS) is 15.6. The monoisotopic (exact) mass is 621 g/mol. The Balaban J connectivity index is 1.20. The number of alkyl carbamates (subject to hydrolysis) is 1. The van der Waals surface area contributed by atoms with Crippen LogP contribution in [-0.2, 0) is 34.8 Å². The summed E-state index contributed by atoms with van der Waals surface area (Å²) in [4.78, 5) is 21.8. The zero-order valence-corrected chi connectivity index (χ0v) is 25.3. The van der Waals surface area contributed by atoms with E-state index in [0.29, 0.717) is 37.5 Å². The maximum absolute atomic E-state index is 12.3. The molecular formula is C28H31N9O4S2. The Labute approximate surface area is 252 Å². The summed E-state index contributed by atoms with van der Waals surface area (Å²) in [6, 6.07) is 11.4. The molecule has 1 saturated heterocycles. The number of amides is 1. The van der Waals surface area contributed by atoms with Crippen LogP contribution in [0.3, 0.4) is 0 Å². The molecule has 1 unspecified atom stereocenters. The highest BCUT2D eigenvalue weighted by Crippen LogP contribution is 2.33. The van der Waals surface area contributed by atoms with Crippen LogP contribution in [0.25, 0.3) is 16.9 Å². The van der Waals surface area contributed by atoms with E-state index < -0.39 is 16.1 Å². The van der Waals surface area contributed by atoms with Crippen LogP contribution in [-0.4, -0.2) is 73.2 Å². The van der Waals surface area contributed by atoms with Gasteiger partial charge >= 0.3 is 6.09 Å². The Kier molecular flexibility index (Phi) is 8.10. The molecule has 1 aliphatic rings. The van der Waals surface area contributed by atoms with E-state index >= 15 is 0 Å². The van der Waals surface area contributed by atoms with Crippen LogP contribution in [0.2, 0.25) is 0 Å². The molecule has 0 spiro atoms. The average Bonchev–Trinajstić information content (AvgIpc) is 3.79. The lowest BCUT2D eigenvalue weighted by Crippen LogP contribution is -2.27. The molecule has 5 heterocycles. The molecule has 5 aromatic rings. The second-order valence-corrected chi connectivity index (χ2v) is 13.2. The summed E-state index contributed by atoms with van der Waals surface area (Å²) in [5, 5.41) is 11.2. The molecule has 1 aliphatic heterocycles. The highest BCUT2D eigenvalue weighted by molar-refractivity contribution is 7.88. The first-order chi connectivity index (χ1) is 20.7. The van der Waals surface area contributed by atoms with E-state index in [4.69, 9.17) is 9.72 Å². The van der Waals surface area contributed by atoms with Crippen LogP contribution in [0.5, 0.6) is 0 Å². The van der Waals surface area contributed by atoms with Crippen molar-refractivity contribution < 1.29 is 17.9 Å². The zero-order valence-electron chi connectivity index (χ0n) is 23.7. The lowest BCUT2D eigenvalue weighted by Gasteiger charge is -2.12. The van der Waals surface area contributed by atoms with E-state index in [2.05, 4.69) is 25.1 Å². The number of rotatable bonds is 10. The minimum atomic E-state index is -3.23. The molecule has 0 aliphatic carbocycles. The van der Waals surface area contributed by atoms with Crippen molar-refractivity contribution in [2.75, 3.05) is 31.2 Å². The predicted molar refractivity (Wildman–Crippen MR) is 163 cm³/mol. The maximum atomic E-state index is 12.3. The maximum Gasteiger partial charge on any atom is 0.407 e. The van der Waals surface area contributed by atoms with E-state index in [1.54, 1.807) is 17.1 Å². The Morgan fingerprint density at radius 2 is 2.02 bits per heavy atom. The SMILES string of the molecule is Cn1cc(-c2cnc3c(Nc4cc(C5CCN(S(C)(=O)=O)C5)ns4)nc(CCNC(=O)OCc4ccccc4)cn23)cn1. The third kappa shape index (κ3) is 6.68. The number of hydrogen-bond donors (Lipinski definition) is 2. The fourth-order valence-corrected chi connectivity index (χ4v) is 6.61. The van der Waals surface area contributed by atoms with Gasteiger partial charge in [-0.25, -0.2) is 27.5 Å². The molecule has 0 radical (unpaired) electrons. The van der Waals surface area contributed by atoms with Crippen molar-refractivity contribution in [1.29, 1.82) is 0 Å². The molecule has 0 saturated carbocycles. The van der Waals surface area contributed by atoms with Gasteiger partial charge in [0.2, 0.25) is 10.0 Å². The van der Waals surface area contributed by atoms with Gasteiger partial charge in [-0.2, -0.15) is 9.47 Å². The number of benzene rings is 1. The summed E-state index contributed by atoms with van der Waals surface area (Å²) < 4.78 is 39.0. The van der Waals surface area contributed by atoms with Gasteiger partial charge in [0, 0.05) is 57.0 Å². The third-order valence-corrected chi connectivity index (χ3v) is 9.20. The van der Waals surface area contributed by atoms with Crippen molar-refractivity contribution in [3.05, 3.63) is 78.1 Å². The Morgan fingerprint density at radius 3 is 2.77 bits per heavy atom. The molecule has 1 fully saturated rings. The number of nitrogens with one attached hydrogen (secondary N) is 2. The van der Waals surface area contributed by atoms with Crippen molar-refractivity contribution in [1.82, 2.24) is 38.1 Å². The summed E-state index contributed by atoms with van der Waals surface area (Å²) in [5.41, 5.74) is 4.86. The zero-order chi connectivity index (χ0) is 30.0. The van der Waals surface area contributed by atoms with Crippen molar-refractivity contribution in [3.63, 3.8) is 0 Å². The Morgan fingerprint density at radius 1 is 1.19 bits per heavy atom. The summed E-state index contributed by atoms with van der Waals surface area (Å²) in [6.07, 6.45) is 9.29. The van der Waals surface area contributed by atoms with Gasteiger partial charge in [0.05, 0.1) is 35.7 Å². The number of carbonyl (C=O) groups is 1. The molecule has 13 nitrogen and oxygen atoms in total. The van der Waals surface area contributed by atoms with E-state index in [1.807, 2.05) is 60.2 Å². The van der Waals surface area contributed by atoms with Crippen LogP contribution in [0.4, 0.5) is 15.6 Å². The van der Waals surface area contributed by atoms with Crippen molar-refractivity contribution in [2.45, 2.75) is 25.4 Å². The van der Waals surface area contributed by atoms with E-state index in [9.17, 15) is 13.2 Å². The van der Waals surface area contributed by atoms with Gasteiger partial charge in [-0.3, -0.25) is 9.08 Å². The summed E-state index contributed by atoms with van der Waals surface area (Å²) in [7, 11) is -1.37. The highest BCUT2D eigenvalue weighted by Gasteiger charge is 2.31. The van der Waals surface area contributed by atoms with Crippen molar-refractivity contribution in [3.8, 4) is 11.3 Å². The van der Waals surface area contributed by atoms with Gasteiger partial charge in [0.1, 0.15) is 11.6 Å². The molecule has 15 heteroatoms. The standard InChI is InChI=1S/C28H31N9O4S2/c1-35-15-21(13-31-35)24-14-30-27-26(33-25-12-23(34-42-25)20-9-11-36(16-20)43(2,39)40)32-22(17-37(24)27)8-10-29-28(38)41-18-19-6-4-3-5-7-19/h3-7,12-15,17,20H,8-11,16,18H2,1-2H3,(H,29,38)(H,32,33). The second-order valence-electron chi connectivity index (χ2n) is 10.4. The molecule has 43 heavy (non-hydrogen) atoms. The van der Waals surface area contributed by atoms with Gasteiger partial charge in [-0.05, 0) is 29.6 Å². The van der Waals surface area contributed by atoms with Crippen molar-refractivity contribution in [2.24, 2.45) is 7.05 Å². The van der Waals surface area contributed by atoms with Gasteiger partial charge in [0.15, 0.2) is 11.5 Å². The molecule has 1 amide bonds. The molecule has 224 valence electrons. The fourth-order valence-electron chi connectivity index (χ4n) is 5.00. The summed E-state index contributed by atoms with van der Waals surface area (Å²) in [6.45, 7) is 1.44. The minimum Gasteiger partial charge on any atom is -0.445 e. The van der Waals surface area contributed by atoms with Crippen molar-refractivity contribution >= 4 is 44.1 Å². The van der Waals surface area contributed by atoms with Crippen LogP contribution in [0, 0.1) is 0 Å². The molecule has 6 rings (SSSR count). The quantitative estimate of drug-likeness (QED) is 0.239. The van der Waals surface area contributed by atoms with E-state index in [-0.39, 0.29) is 12.5 Å². The number of carbonyl (C=O) groups excluding carboxylic acids is 1. The smallest absolute Gasteiger partial charge is 0.407 e. The van der Waals surface area contributed by atoms with Gasteiger partial charge in [0.25, 0.3) is 0 Å². The number of aromatic nitrogens is 6. The molecule has 1 aromatic carbocycles. The second kappa shape index (κ2) is 12.1.